The Labute approximate surface area is 103 Å². The number of hydrogen-bond donors (Lipinski definition) is 2. The van der Waals surface area contributed by atoms with Crippen LogP contribution >= 0.6 is 0 Å². The molecule has 2 N–H and O–H groups in total. The van der Waals surface area contributed by atoms with Crippen molar-refractivity contribution in [1.29, 1.82) is 0 Å². The summed E-state index contributed by atoms with van der Waals surface area (Å²) in [6, 6.07) is 7.93. The summed E-state index contributed by atoms with van der Waals surface area (Å²) < 4.78 is 0. The van der Waals surface area contributed by atoms with Gasteiger partial charge in [-0.15, -0.1) is 0 Å². The van der Waals surface area contributed by atoms with Crippen LogP contribution < -0.4 is 5.32 Å². The molecule has 1 aromatic carbocycles. The molecule has 0 aliphatic rings. The average molecular weight is 235 g/mol. The molecule has 3 nitrogen and oxygen atoms in total. The van der Waals surface area contributed by atoms with Crippen LogP contribution in [-0.2, 0) is 4.79 Å². The minimum absolute atomic E-state index is 0.439. The molecule has 1 rings (SSSR count). The molecule has 0 bridgehead atoms. The van der Waals surface area contributed by atoms with Gasteiger partial charge in [-0.2, -0.15) is 0 Å². The van der Waals surface area contributed by atoms with Gasteiger partial charge < -0.3 is 10.4 Å². The van der Waals surface area contributed by atoms with Gasteiger partial charge in [0.25, 0.3) is 0 Å². The maximum Gasteiger partial charge on any atom is 0.329 e. The molecule has 0 fully saturated rings. The van der Waals surface area contributed by atoms with Crippen LogP contribution in [0.5, 0.6) is 0 Å². The second kappa shape index (κ2) is 5.21. The van der Waals surface area contributed by atoms with E-state index in [2.05, 4.69) is 25.2 Å². The van der Waals surface area contributed by atoms with Crippen molar-refractivity contribution in [3.63, 3.8) is 0 Å². The second-order valence-corrected chi connectivity index (χ2v) is 4.90. The Morgan fingerprint density at radius 1 is 1.47 bits per heavy atom. The first-order valence-electron chi connectivity index (χ1n) is 6.00. The highest BCUT2D eigenvalue weighted by atomic mass is 16.4. The SMILES string of the molecule is CCC(C)(Nc1cccc(C(C)C)c1)C(=O)O. The summed E-state index contributed by atoms with van der Waals surface area (Å²) in [6.07, 6.45) is 0.536. The van der Waals surface area contributed by atoms with Crippen LogP contribution in [0.4, 0.5) is 5.69 Å². The van der Waals surface area contributed by atoms with Gasteiger partial charge in [0, 0.05) is 5.69 Å². The van der Waals surface area contributed by atoms with Crippen LogP contribution in [0, 0.1) is 0 Å². The standard InChI is InChI=1S/C14H21NO2/c1-5-14(4,13(16)17)15-12-8-6-7-11(9-12)10(2)3/h6-10,15H,5H2,1-4H3,(H,16,17). The van der Waals surface area contributed by atoms with Gasteiger partial charge in [0.1, 0.15) is 5.54 Å². The first kappa shape index (κ1) is 13.6. The molecule has 17 heavy (non-hydrogen) atoms. The molecule has 0 amide bonds. The van der Waals surface area contributed by atoms with Crippen molar-refractivity contribution in [2.45, 2.75) is 45.6 Å². The maximum absolute atomic E-state index is 11.2. The minimum atomic E-state index is -0.907. The number of carboxylic acid groups (broad SMARTS) is 1. The summed E-state index contributed by atoms with van der Waals surface area (Å²) in [6.45, 7) is 7.81. The molecule has 3 heteroatoms. The summed E-state index contributed by atoms with van der Waals surface area (Å²) >= 11 is 0. The molecular weight excluding hydrogens is 214 g/mol. The Morgan fingerprint density at radius 3 is 2.59 bits per heavy atom. The number of rotatable bonds is 5. The van der Waals surface area contributed by atoms with Crippen molar-refractivity contribution in [3.05, 3.63) is 29.8 Å². The fraction of sp³-hybridized carbons (Fsp3) is 0.500. The fourth-order valence-electron chi connectivity index (χ4n) is 1.59. The molecule has 0 aromatic heterocycles. The van der Waals surface area contributed by atoms with Gasteiger partial charge in [-0.3, -0.25) is 0 Å². The Kier molecular flexibility index (Phi) is 4.16. The minimum Gasteiger partial charge on any atom is -0.480 e. The molecule has 1 atom stereocenters. The lowest BCUT2D eigenvalue weighted by molar-refractivity contribution is -0.141. The van der Waals surface area contributed by atoms with Gasteiger partial charge in [0.15, 0.2) is 0 Å². The van der Waals surface area contributed by atoms with Crippen LogP contribution in [0.2, 0.25) is 0 Å². The number of nitrogens with one attached hydrogen (secondary N) is 1. The zero-order valence-corrected chi connectivity index (χ0v) is 10.9. The molecular formula is C14H21NO2. The predicted molar refractivity (Wildman–Crippen MR) is 70.5 cm³/mol. The third-order valence-corrected chi connectivity index (χ3v) is 3.15. The van der Waals surface area contributed by atoms with Crippen molar-refractivity contribution in [2.75, 3.05) is 5.32 Å². The first-order chi connectivity index (χ1) is 7.89. The molecule has 0 aliphatic heterocycles. The molecule has 0 saturated carbocycles. The monoisotopic (exact) mass is 235 g/mol. The fourth-order valence-corrected chi connectivity index (χ4v) is 1.59. The molecule has 1 unspecified atom stereocenters. The van der Waals surface area contributed by atoms with Crippen LogP contribution in [0.3, 0.4) is 0 Å². The lowest BCUT2D eigenvalue weighted by atomic mass is 9.97. The molecule has 0 spiro atoms. The van der Waals surface area contributed by atoms with Gasteiger partial charge in [0.05, 0.1) is 0 Å². The van der Waals surface area contributed by atoms with E-state index < -0.39 is 11.5 Å². The van der Waals surface area contributed by atoms with Gasteiger partial charge in [0.2, 0.25) is 0 Å². The van der Waals surface area contributed by atoms with E-state index in [9.17, 15) is 9.90 Å². The topological polar surface area (TPSA) is 49.3 Å². The van der Waals surface area contributed by atoms with Crippen LogP contribution in [0.15, 0.2) is 24.3 Å². The van der Waals surface area contributed by atoms with E-state index in [1.807, 2.05) is 25.1 Å². The zero-order valence-electron chi connectivity index (χ0n) is 10.9. The molecule has 0 heterocycles. The molecule has 0 radical (unpaired) electrons. The van der Waals surface area contributed by atoms with Crippen molar-refractivity contribution in [3.8, 4) is 0 Å². The lowest BCUT2D eigenvalue weighted by Crippen LogP contribution is -2.42. The predicted octanol–water partition coefficient (Wildman–Crippen LogP) is 3.48. The van der Waals surface area contributed by atoms with Crippen molar-refractivity contribution in [2.24, 2.45) is 0 Å². The van der Waals surface area contributed by atoms with E-state index >= 15 is 0 Å². The van der Waals surface area contributed by atoms with Gasteiger partial charge in [-0.25, -0.2) is 4.79 Å². The first-order valence-corrected chi connectivity index (χ1v) is 6.00. The summed E-state index contributed by atoms with van der Waals surface area (Å²) in [7, 11) is 0. The summed E-state index contributed by atoms with van der Waals surface area (Å²) in [5.74, 6) is -0.385. The quantitative estimate of drug-likeness (QED) is 0.821. The van der Waals surface area contributed by atoms with E-state index in [0.717, 1.165) is 5.69 Å². The maximum atomic E-state index is 11.2. The largest absolute Gasteiger partial charge is 0.480 e. The number of anilines is 1. The Balaban J connectivity index is 2.94. The van der Waals surface area contributed by atoms with Gasteiger partial charge >= 0.3 is 5.97 Å². The van der Waals surface area contributed by atoms with Crippen LogP contribution in [-0.4, -0.2) is 16.6 Å². The van der Waals surface area contributed by atoms with Crippen LogP contribution in [0.1, 0.15) is 45.6 Å². The zero-order chi connectivity index (χ0) is 13.1. The van der Waals surface area contributed by atoms with Crippen molar-refractivity contribution in [1.82, 2.24) is 0 Å². The van der Waals surface area contributed by atoms with E-state index in [0.29, 0.717) is 12.3 Å². The van der Waals surface area contributed by atoms with E-state index in [1.54, 1.807) is 6.92 Å². The van der Waals surface area contributed by atoms with Crippen molar-refractivity contribution >= 4 is 11.7 Å². The molecule has 94 valence electrons. The number of carboxylic acids is 1. The Morgan fingerprint density at radius 2 is 2.12 bits per heavy atom. The van der Waals surface area contributed by atoms with E-state index in [-0.39, 0.29) is 0 Å². The van der Waals surface area contributed by atoms with E-state index in [4.69, 9.17) is 0 Å². The van der Waals surface area contributed by atoms with Gasteiger partial charge in [-0.05, 0) is 37.0 Å². The Bertz CT molecular complexity index is 401. The van der Waals surface area contributed by atoms with Crippen LogP contribution in [0.25, 0.3) is 0 Å². The highest BCUT2D eigenvalue weighted by molar-refractivity contribution is 5.82. The van der Waals surface area contributed by atoms with Gasteiger partial charge in [-0.1, -0.05) is 32.9 Å². The second-order valence-electron chi connectivity index (χ2n) is 4.90. The number of hydrogen-bond acceptors (Lipinski definition) is 2. The number of aliphatic carboxylic acids is 1. The average Bonchev–Trinajstić information content (AvgIpc) is 2.29. The number of benzene rings is 1. The van der Waals surface area contributed by atoms with E-state index in [1.165, 1.54) is 5.56 Å². The molecule has 1 aromatic rings. The van der Waals surface area contributed by atoms with Crippen molar-refractivity contribution < 1.29 is 9.90 Å². The third-order valence-electron chi connectivity index (χ3n) is 3.15. The summed E-state index contributed by atoms with van der Waals surface area (Å²) in [5, 5.41) is 12.3. The Hall–Kier alpha value is -1.51. The molecule has 0 aliphatic carbocycles. The highest BCUT2D eigenvalue weighted by Crippen LogP contribution is 2.23. The smallest absolute Gasteiger partial charge is 0.329 e. The normalized spacial score (nSPS) is 14.4. The number of carbonyl (C=O) groups is 1. The summed E-state index contributed by atoms with van der Waals surface area (Å²) in [5.41, 5.74) is 1.16. The summed E-state index contributed by atoms with van der Waals surface area (Å²) in [4.78, 5) is 11.2. The third kappa shape index (κ3) is 3.22. The lowest BCUT2D eigenvalue weighted by Gasteiger charge is -2.26. The molecule has 0 saturated heterocycles. The highest BCUT2D eigenvalue weighted by Gasteiger charge is 2.30.